The Hall–Kier alpha value is -3.02. The Kier molecular flexibility index (Phi) is 12.1. The average molecular weight is 584 g/mol. The maximum atomic E-state index is 12.9. The zero-order valence-electron chi connectivity index (χ0n) is 21.7. The van der Waals surface area contributed by atoms with Crippen LogP contribution in [0.15, 0.2) is 60.7 Å². The van der Waals surface area contributed by atoms with Gasteiger partial charge in [-0.25, -0.2) is 0 Å². The number of hydrogen-bond donors (Lipinski definition) is 0. The summed E-state index contributed by atoms with van der Waals surface area (Å²) in [5, 5.41) is 0. The molecule has 2 aromatic rings. The molecule has 3 nitrogen and oxygen atoms in total. The zero-order chi connectivity index (χ0) is 30.0. The number of benzene rings is 2. The fraction of sp³-hybridized carbons (Fsp3) is 0.464. The lowest BCUT2D eigenvalue weighted by molar-refractivity contribution is -0.145. The van der Waals surface area contributed by atoms with E-state index in [1.54, 1.807) is 11.0 Å². The van der Waals surface area contributed by atoms with E-state index in [0.29, 0.717) is 31.3 Å². The van der Waals surface area contributed by atoms with Crippen molar-refractivity contribution in [2.75, 3.05) is 20.2 Å². The van der Waals surface area contributed by atoms with E-state index in [9.17, 15) is 44.3 Å². The highest BCUT2D eigenvalue weighted by molar-refractivity contribution is 5.73. The van der Waals surface area contributed by atoms with Crippen LogP contribution in [-0.4, -0.2) is 31.1 Å². The molecule has 0 radical (unpaired) electrons. The predicted octanol–water partition coefficient (Wildman–Crippen LogP) is 8.54. The quantitative estimate of drug-likeness (QED) is 0.206. The van der Waals surface area contributed by atoms with Crippen molar-refractivity contribution in [1.82, 2.24) is 4.90 Å². The second-order valence-electron chi connectivity index (χ2n) is 9.23. The third-order valence-electron chi connectivity index (χ3n) is 6.22. The third-order valence-corrected chi connectivity index (χ3v) is 6.22. The maximum Gasteiger partial charge on any atom is 0.416 e. The molecule has 0 saturated carbocycles. The highest BCUT2D eigenvalue weighted by atomic mass is 19.4. The first-order valence-electron chi connectivity index (χ1n) is 12.5. The molecule has 4 rings (SSSR count). The van der Waals surface area contributed by atoms with E-state index in [1.807, 2.05) is 12.2 Å². The Bertz CT molecular complexity index is 1080. The molecule has 0 unspecified atom stereocenters. The summed E-state index contributed by atoms with van der Waals surface area (Å²) in [5.74, 6) is 0.0231. The normalized spacial score (nSPS) is 16.4. The Morgan fingerprint density at radius 1 is 0.775 bits per heavy atom. The molecule has 0 aromatic heterocycles. The van der Waals surface area contributed by atoms with Crippen LogP contribution in [0, 0.1) is 5.92 Å². The minimum Gasteiger partial charge on any atom is -0.469 e. The summed E-state index contributed by atoms with van der Waals surface area (Å²) in [7, 11) is 1.43. The topological polar surface area (TPSA) is 29.5 Å². The molecule has 1 fully saturated rings. The molecular formula is C28H30F9NO2. The van der Waals surface area contributed by atoms with Crippen LogP contribution in [0.3, 0.4) is 0 Å². The Morgan fingerprint density at radius 2 is 1.32 bits per heavy atom. The number of piperidine rings is 1. The Balaban J connectivity index is 0.000000243. The van der Waals surface area contributed by atoms with Gasteiger partial charge in [0.1, 0.15) is 0 Å². The third kappa shape index (κ3) is 10.9. The predicted molar refractivity (Wildman–Crippen MR) is 131 cm³/mol. The molecule has 0 amide bonds. The molecule has 222 valence electrons. The first-order valence-corrected chi connectivity index (χ1v) is 12.5. The number of rotatable bonds is 3. The van der Waals surface area contributed by atoms with Crippen LogP contribution in [0.1, 0.15) is 54.4 Å². The first kappa shape index (κ1) is 33.2. The second kappa shape index (κ2) is 14.6. The van der Waals surface area contributed by atoms with Crippen LogP contribution in [0.5, 0.6) is 0 Å². The minimum absolute atomic E-state index is 0.0833. The van der Waals surface area contributed by atoms with Gasteiger partial charge in [-0.1, -0.05) is 48.9 Å². The molecule has 2 aliphatic rings. The number of ether oxygens (including phenoxy) is 1. The van der Waals surface area contributed by atoms with E-state index < -0.39 is 35.2 Å². The van der Waals surface area contributed by atoms with Gasteiger partial charge in [-0.15, -0.1) is 0 Å². The lowest BCUT2D eigenvalue weighted by Gasteiger charge is -2.28. The van der Waals surface area contributed by atoms with Crippen molar-refractivity contribution in [3.8, 4) is 0 Å². The van der Waals surface area contributed by atoms with Crippen LogP contribution < -0.4 is 0 Å². The molecule has 12 heteroatoms. The summed E-state index contributed by atoms with van der Waals surface area (Å²) >= 11 is 0. The molecule has 0 atom stereocenters. The van der Waals surface area contributed by atoms with E-state index >= 15 is 0 Å². The highest BCUT2D eigenvalue weighted by Crippen LogP contribution is 2.37. The lowest BCUT2D eigenvalue weighted by Crippen LogP contribution is -2.30. The van der Waals surface area contributed by atoms with Gasteiger partial charge in [0.2, 0.25) is 0 Å². The van der Waals surface area contributed by atoms with Crippen molar-refractivity contribution in [3.63, 3.8) is 0 Å². The molecule has 0 bridgehead atoms. The largest absolute Gasteiger partial charge is 0.469 e. The van der Waals surface area contributed by atoms with Gasteiger partial charge in [0, 0.05) is 6.54 Å². The van der Waals surface area contributed by atoms with Gasteiger partial charge in [0.15, 0.2) is 0 Å². The number of alkyl halides is 9. The number of carbonyl (C=O) groups is 1. The van der Waals surface area contributed by atoms with Gasteiger partial charge in [0.25, 0.3) is 0 Å². The molecule has 1 aliphatic carbocycles. The highest BCUT2D eigenvalue weighted by Gasteiger charge is 2.37. The van der Waals surface area contributed by atoms with Gasteiger partial charge in [-0.2, -0.15) is 39.5 Å². The van der Waals surface area contributed by atoms with Crippen molar-refractivity contribution >= 4 is 5.97 Å². The van der Waals surface area contributed by atoms with Crippen LogP contribution in [0.4, 0.5) is 39.5 Å². The summed E-state index contributed by atoms with van der Waals surface area (Å²) in [6, 6.07) is 8.00. The van der Waals surface area contributed by atoms with E-state index in [-0.39, 0.29) is 24.0 Å². The Labute approximate surface area is 226 Å². The van der Waals surface area contributed by atoms with E-state index in [2.05, 4.69) is 4.74 Å². The number of esters is 1. The Morgan fingerprint density at radius 3 is 1.77 bits per heavy atom. The van der Waals surface area contributed by atoms with Crippen molar-refractivity contribution in [2.24, 2.45) is 5.92 Å². The molecule has 40 heavy (non-hydrogen) atoms. The van der Waals surface area contributed by atoms with E-state index in [1.165, 1.54) is 19.2 Å². The summed E-state index contributed by atoms with van der Waals surface area (Å²) in [6.45, 7) is 1.14. The number of halogens is 9. The zero-order valence-corrected chi connectivity index (χ0v) is 21.7. The number of methoxy groups -OCH3 is 1. The molecular weight excluding hydrogens is 553 g/mol. The average Bonchev–Trinajstić information content (AvgIpc) is 3.44. The number of allylic oxidation sites excluding steroid dienone is 2. The van der Waals surface area contributed by atoms with Crippen LogP contribution in [-0.2, 0) is 34.6 Å². The standard InChI is InChI=1S/C14H15F6N.C7H5F3.C7H10O2/c15-13(16,17)11-4-5-12(14(18,19)20)10(8-11)9-21-6-2-1-3-7-21;8-7(9,10)6-4-2-1-3-5-6;1-9-7(8)6-4-2-3-5-6/h4-5,8H,1-3,6-7,9H2;1-5H;2-3,6H,4-5H2,1H3. The fourth-order valence-electron chi connectivity index (χ4n) is 4.14. The van der Waals surface area contributed by atoms with Crippen molar-refractivity contribution in [2.45, 2.75) is 57.2 Å². The molecule has 2 aromatic carbocycles. The summed E-state index contributed by atoms with van der Waals surface area (Å²) in [6.07, 6.45) is -5.02. The summed E-state index contributed by atoms with van der Waals surface area (Å²) < 4.78 is 117. The van der Waals surface area contributed by atoms with Gasteiger partial charge in [-0.05, 0) is 62.5 Å². The summed E-state index contributed by atoms with van der Waals surface area (Å²) in [5.41, 5.74) is -2.93. The number of hydrogen-bond acceptors (Lipinski definition) is 3. The SMILES string of the molecule is COC(=O)C1CC=CC1.FC(F)(F)c1ccc(C(F)(F)F)c(CN2CCCCC2)c1.FC(F)(F)c1ccccc1. The molecule has 1 saturated heterocycles. The second-order valence-corrected chi connectivity index (χ2v) is 9.23. The van der Waals surface area contributed by atoms with Crippen molar-refractivity contribution in [1.29, 1.82) is 0 Å². The first-order chi connectivity index (χ1) is 18.6. The molecule has 1 aliphatic heterocycles. The summed E-state index contributed by atoms with van der Waals surface area (Å²) in [4.78, 5) is 12.5. The van der Waals surface area contributed by atoms with Crippen LogP contribution >= 0.6 is 0 Å². The van der Waals surface area contributed by atoms with Gasteiger partial charge in [0.05, 0.1) is 29.7 Å². The van der Waals surface area contributed by atoms with Crippen LogP contribution in [0.25, 0.3) is 0 Å². The maximum absolute atomic E-state index is 12.9. The van der Waals surface area contributed by atoms with Gasteiger partial charge >= 0.3 is 24.5 Å². The molecule has 1 heterocycles. The molecule has 0 N–H and O–H groups in total. The number of likely N-dealkylation sites (tertiary alicyclic amines) is 1. The van der Waals surface area contributed by atoms with Gasteiger partial charge < -0.3 is 4.74 Å². The molecule has 0 spiro atoms. The van der Waals surface area contributed by atoms with Gasteiger partial charge in [-0.3, -0.25) is 9.69 Å². The lowest BCUT2D eigenvalue weighted by atomic mass is 10.0. The number of nitrogens with zero attached hydrogens (tertiary/aromatic N) is 1. The van der Waals surface area contributed by atoms with E-state index in [0.717, 1.165) is 44.2 Å². The van der Waals surface area contributed by atoms with Crippen molar-refractivity contribution < 1.29 is 49.0 Å². The smallest absolute Gasteiger partial charge is 0.416 e. The minimum atomic E-state index is -4.64. The van der Waals surface area contributed by atoms with Crippen molar-refractivity contribution in [3.05, 3.63) is 82.9 Å². The fourth-order valence-corrected chi connectivity index (χ4v) is 4.14. The van der Waals surface area contributed by atoms with Crippen LogP contribution in [0.2, 0.25) is 0 Å². The monoisotopic (exact) mass is 583 g/mol. The van der Waals surface area contributed by atoms with E-state index in [4.69, 9.17) is 0 Å². The number of carbonyl (C=O) groups excluding carboxylic acids is 1.